The van der Waals surface area contributed by atoms with Crippen molar-refractivity contribution in [1.29, 1.82) is 0 Å². The number of nitrogens with one attached hydrogen (secondary N) is 1. The van der Waals surface area contributed by atoms with Crippen molar-refractivity contribution in [3.05, 3.63) is 46.7 Å². The van der Waals surface area contributed by atoms with Crippen LogP contribution in [0.15, 0.2) is 35.4 Å². The number of sulfonamides is 1. The number of rotatable bonds is 3. The number of hydrogen-bond donors (Lipinski definition) is 2. The number of nitrogens with two attached hydrogens (primary N) is 1. The number of carbonyl (C=O) groups is 1. The second-order valence-electron chi connectivity index (χ2n) is 6.12. The van der Waals surface area contributed by atoms with E-state index in [-0.39, 0.29) is 27.0 Å². The number of amides is 1. The molecule has 2 aromatic heterocycles. The zero-order valence-corrected chi connectivity index (χ0v) is 14.9. The quantitative estimate of drug-likeness (QED) is 0.802. The lowest BCUT2D eigenvalue weighted by molar-refractivity contribution is 0.0981. The van der Waals surface area contributed by atoms with Crippen molar-refractivity contribution in [1.82, 2.24) is 14.7 Å². The average Bonchev–Trinajstić information content (AvgIpc) is 2.45. The third-order valence-corrected chi connectivity index (χ3v) is 4.63. The van der Waals surface area contributed by atoms with Gasteiger partial charge in [-0.25, -0.2) is 14.7 Å². The molecule has 7 nitrogen and oxygen atoms in total. The van der Waals surface area contributed by atoms with E-state index in [2.05, 4.69) is 9.97 Å². The van der Waals surface area contributed by atoms with Crippen molar-refractivity contribution in [3.63, 3.8) is 0 Å². The minimum absolute atomic E-state index is 0.0274. The zero-order valence-electron chi connectivity index (χ0n) is 13.4. The summed E-state index contributed by atoms with van der Waals surface area (Å²) in [4.78, 5) is 20.1. The predicted octanol–water partition coefficient (Wildman–Crippen LogP) is 2.13. The van der Waals surface area contributed by atoms with E-state index in [0.717, 1.165) is 0 Å². The SMILES string of the molecule is CC(C)(C)c1ccc(C(=O)NS(=O)(=O)c2cccc(N)n2)c(Cl)n1. The molecule has 0 aliphatic rings. The maximum atomic E-state index is 12.2. The monoisotopic (exact) mass is 368 g/mol. The first kappa shape index (κ1) is 18.2. The molecule has 0 fully saturated rings. The van der Waals surface area contributed by atoms with Crippen LogP contribution < -0.4 is 10.5 Å². The van der Waals surface area contributed by atoms with Gasteiger partial charge >= 0.3 is 0 Å². The highest BCUT2D eigenvalue weighted by atomic mass is 35.5. The molecule has 0 aliphatic carbocycles. The first-order chi connectivity index (χ1) is 11.0. The van der Waals surface area contributed by atoms with Gasteiger partial charge in [-0.3, -0.25) is 4.79 Å². The predicted molar refractivity (Wildman–Crippen MR) is 91.2 cm³/mol. The summed E-state index contributed by atoms with van der Waals surface area (Å²) >= 11 is 6.03. The van der Waals surface area contributed by atoms with Crippen LogP contribution >= 0.6 is 11.6 Å². The molecule has 3 N–H and O–H groups in total. The molecule has 0 radical (unpaired) electrons. The van der Waals surface area contributed by atoms with E-state index in [1.165, 1.54) is 24.3 Å². The van der Waals surface area contributed by atoms with Crippen LogP contribution in [0.5, 0.6) is 0 Å². The van der Waals surface area contributed by atoms with E-state index in [1.807, 2.05) is 25.5 Å². The summed E-state index contributed by atoms with van der Waals surface area (Å²) in [6.07, 6.45) is 0. The van der Waals surface area contributed by atoms with Crippen LogP contribution in [0.1, 0.15) is 36.8 Å². The summed E-state index contributed by atoms with van der Waals surface area (Å²) < 4.78 is 26.3. The molecule has 0 atom stereocenters. The lowest BCUT2D eigenvalue weighted by Crippen LogP contribution is -2.31. The average molecular weight is 369 g/mol. The van der Waals surface area contributed by atoms with Crippen molar-refractivity contribution in [2.24, 2.45) is 0 Å². The standard InChI is InChI=1S/C15H17ClN4O3S/c1-15(2,3)10-8-7-9(13(16)18-10)14(21)20-24(22,23)12-6-4-5-11(17)19-12/h4-8H,1-3H3,(H2,17,19)(H,20,21). The Labute approximate surface area is 145 Å². The van der Waals surface area contributed by atoms with Gasteiger partial charge < -0.3 is 5.73 Å². The van der Waals surface area contributed by atoms with Gasteiger partial charge in [-0.1, -0.05) is 38.4 Å². The summed E-state index contributed by atoms with van der Waals surface area (Å²) in [5.74, 6) is -0.864. The largest absolute Gasteiger partial charge is 0.384 e. The molecular formula is C15H17ClN4O3S. The summed E-state index contributed by atoms with van der Waals surface area (Å²) in [5.41, 5.74) is 5.85. The smallest absolute Gasteiger partial charge is 0.281 e. The molecular weight excluding hydrogens is 352 g/mol. The lowest BCUT2D eigenvalue weighted by atomic mass is 9.91. The molecule has 1 amide bonds. The van der Waals surface area contributed by atoms with E-state index in [4.69, 9.17) is 17.3 Å². The normalized spacial score (nSPS) is 12.0. The van der Waals surface area contributed by atoms with Crippen LogP contribution in [0, 0.1) is 0 Å². The highest BCUT2D eigenvalue weighted by Gasteiger charge is 2.24. The molecule has 24 heavy (non-hydrogen) atoms. The Morgan fingerprint density at radius 1 is 1.17 bits per heavy atom. The van der Waals surface area contributed by atoms with Crippen molar-refractivity contribution in [2.45, 2.75) is 31.2 Å². The highest BCUT2D eigenvalue weighted by molar-refractivity contribution is 7.90. The molecule has 0 saturated carbocycles. The number of carbonyl (C=O) groups excluding carboxylic acids is 1. The van der Waals surface area contributed by atoms with Crippen LogP contribution in [0.4, 0.5) is 5.82 Å². The molecule has 0 aliphatic heterocycles. The van der Waals surface area contributed by atoms with Gasteiger partial charge in [0.2, 0.25) is 0 Å². The van der Waals surface area contributed by atoms with Crippen LogP contribution in [0.3, 0.4) is 0 Å². The van der Waals surface area contributed by atoms with E-state index in [0.29, 0.717) is 5.69 Å². The van der Waals surface area contributed by atoms with Gasteiger partial charge in [-0.15, -0.1) is 0 Å². The summed E-state index contributed by atoms with van der Waals surface area (Å²) in [6.45, 7) is 5.84. The number of nitrogens with zero attached hydrogens (tertiary/aromatic N) is 2. The van der Waals surface area contributed by atoms with Crippen LogP contribution in [-0.2, 0) is 15.4 Å². The Balaban J connectivity index is 2.30. The van der Waals surface area contributed by atoms with Gasteiger partial charge in [0.25, 0.3) is 15.9 Å². The Hall–Kier alpha value is -2.19. The molecule has 128 valence electrons. The van der Waals surface area contributed by atoms with Crippen molar-refractivity contribution < 1.29 is 13.2 Å². The number of pyridine rings is 2. The third-order valence-electron chi connectivity index (χ3n) is 3.11. The number of aromatic nitrogens is 2. The highest BCUT2D eigenvalue weighted by Crippen LogP contribution is 2.24. The summed E-state index contributed by atoms with van der Waals surface area (Å²) in [7, 11) is -4.16. The molecule has 9 heteroatoms. The van der Waals surface area contributed by atoms with E-state index >= 15 is 0 Å². The molecule has 0 saturated heterocycles. The van der Waals surface area contributed by atoms with Crippen molar-refractivity contribution >= 4 is 33.3 Å². The Morgan fingerprint density at radius 2 is 1.83 bits per heavy atom. The van der Waals surface area contributed by atoms with Gasteiger partial charge in [0.05, 0.1) is 5.56 Å². The second kappa shape index (κ2) is 6.37. The van der Waals surface area contributed by atoms with Crippen LogP contribution in [0.2, 0.25) is 5.15 Å². The molecule has 2 rings (SSSR count). The fourth-order valence-electron chi connectivity index (χ4n) is 1.83. The first-order valence-corrected chi connectivity index (χ1v) is 8.83. The molecule has 2 aromatic rings. The first-order valence-electron chi connectivity index (χ1n) is 6.97. The van der Waals surface area contributed by atoms with Crippen molar-refractivity contribution in [2.75, 3.05) is 5.73 Å². The lowest BCUT2D eigenvalue weighted by Gasteiger charge is -2.18. The molecule has 2 heterocycles. The van der Waals surface area contributed by atoms with Gasteiger partial charge in [0.15, 0.2) is 5.03 Å². The third kappa shape index (κ3) is 4.01. The fraction of sp³-hybridized carbons (Fsp3) is 0.267. The Morgan fingerprint density at radius 3 is 2.38 bits per heavy atom. The maximum Gasteiger partial charge on any atom is 0.281 e. The van der Waals surface area contributed by atoms with Gasteiger partial charge in [-0.2, -0.15) is 8.42 Å². The minimum Gasteiger partial charge on any atom is -0.384 e. The van der Waals surface area contributed by atoms with Gasteiger partial charge in [0.1, 0.15) is 11.0 Å². The number of nitrogen functional groups attached to an aromatic ring is 1. The van der Waals surface area contributed by atoms with Gasteiger partial charge in [-0.05, 0) is 24.3 Å². The molecule has 0 aromatic carbocycles. The number of halogens is 1. The summed E-state index contributed by atoms with van der Waals surface area (Å²) in [5, 5.41) is -0.429. The molecule has 0 spiro atoms. The van der Waals surface area contributed by atoms with Crippen LogP contribution in [-0.4, -0.2) is 24.3 Å². The molecule has 0 unspecified atom stereocenters. The topological polar surface area (TPSA) is 115 Å². The second-order valence-corrected chi connectivity index (χ2v) is 8.11. The fourth-order valence-corrected chi connectivity index (χ4v) is 3.01. The number of anilines is 1. The minimum atomic E-state index is -4.16. The van der Waals surface area contributed by atoms with Gasteiger partial charge in [0, 0.05) is 11.1 Å². The van der Waals surface area contributed by atoms with Crippen LogP contribution in [0.25, 0.3) is 0 Å². The van der Waals surface area contributed by atoms with E-state index in [1.54, 1.807) is 6.07 Å². The Bertz CT molecular complexity index is 892. The van der Waals surface area contributed by atoms with E-state index < -0.39 is 15.9 Å². The number of hydrogen-bond acceptors (Lipinski definition) is 6. The maximum absolute atomic E-state index is 12.2. The van der Waals surface area contributed by atoms with Crippen molar-refractivity contribution in [3.8, 4) is 0 Å². The Kier molecular flexibility index (Phi) is 4.82. The summed E-state index contributed by atoms with van der Waals surface area (Å²) in [6, 6.07) is 7.16. The van der Waals surface area contributed by atoms with E-state index in [9.17, 15) is 13.2 Å². The zero-order chi connectivity index (χ0) is 18.1. The molecule has 0 bridgehead atoms.